The van der Waals surface area contributed by atoms with Crippen LogP contribution in [0.3, 0.4) is 0 Å². The van der Waals surface area contributed by atoms with Crippen molar-refractivity contribution in [3.8, 4) is 0 Å². The van der Waals surface area contributed by atoms with Gasteiger partial charge in [0.2, 0.25) is 0 Å². The van der Waals surface area contributed by atoms with E-state index in [0.717, 1.165) is 111 Å². The van der Waals surface area contributed by atoms with Crippen LogP contribution in [0, 0.1) is 0 Å². The minimum Gasteiger partial charge on any atom is -0.390 e. The second-order valence-electron chi connectivity index (χ2n) is 11.5. The van der Waals surface area contributed by atoms with E-state index in [0.29, 0.717) is 6.04 Å². The van der Waals surface area contributed by atoms with E-state index in [9.17, 15) is 5.11 Å². The molecule has 3 rings (SSSR count). The van der Waals surface area contributed by atoms with Crippen molar-refractivity contribution in [2.75, 3.05) is 78.5 Å². The first-order chi connectivity index (χ1) is 17.4. The Bertz CT molecular complexity index is 702. The molecule has 3 heterocycles. The van der Waals surface area contributed by atoms with Crippen molar-refractivity contribution in [3.05, 3.63) is 29.6 Å². The summed E-state index contributed by atoms with van der Waals surface area (Å²) in [5.74, 6) is 0. The lowest BCUT2D eigenvalue weighted by Crippen LogP contribution is -2.48. The predicted molar refractivity (Wildman–Crippen MR) is 150 cm³/mol. The SMILES string of the molecule is CC1CC(C)(C)NCCCN(CC(O)CN2CCNCCc3cccc(n3)CCNCC2)CCCN1. The molecule has 8 heteroatoms. The molecule has 5 N–H and O–H groups in total. The monoisotopic (exact) mass is 503 g/mol. The summed E-state index contributed by atoms with van der Waals surface area (Å²) in [5, 5.41) is 25.6. The molecule has 0 aliphatic carbocycles. The number of aliphatic hydroxyl groups excluding tert-OH is 1. The lowest BCUT2D eigenvalue weighted by Gasteiger charge is -2.33. The molecule has 1 fully saturated rings. The Morgan fingerprint density at radius 1 is 0.889 bits per heavy atom. The van der Waals surface area contributed by atoms with Crippen molar-refractivity contribution in [2.45, 2.75) is 70.6 Å². The Labute approximate surface area is 220 Å². The first-order valence-electron chi connectivity index (χ1n) is 14.4. The zero-order valence-electron chi connectivity index (χ0n) is 23.2. The summed E-state index contributed by atoms with van der Waals surface area (Å²) in [7, 11) is 0. The third-order valence-corrected chi connectivity index (χ3v) is 7.34. The van der Waals surface area contributed by atoms with Gasteiger partial charge >= 0.3 is 0 Å². The summed E-state index contributed by atoms with van der Waals surface area (Å²) in [6.45, 7) is 18.1. The predicted octanol–water partition coefficient (Wildman–Crippen LogP) is 0.855. The Morgan fingerprint density at radius 2 is 1.47 bits per heavy atom. The van der Waals surface area contributed by atoms with Gasteiger partial charge < -0.3 is 31.3 Å². The van der Waals surface area contributed by atoms with E-state index in [2.05, 4.69) is 70.0 Å². The summed E-state index contributed by atoms with van der Waals surface area (Å²) in [5.41, 5.74) is 2.48. The number of nitrogens with zero attached hydrogens (tertiary/aromatic N) is 3. The molecule has 1 saturated heterocycles. The van der Waals surface area contributed by atoms with Gasteiger partial charge in [-0.15, -0.1) is 0 Å². The molecular weight excluding hydrogens is 450 g/mol. The fourth-order valence-corrected chi connectivity index (χ4v) is 5.50. The van der Waals surface area contributed by atoms with Gasteiger partial charge in [0.05, 0.1) is 6.10 Å². The molecule has 1 aromatic rings. The van der Waals surface area contributed by atoms with Crippen LogP contribution in [0.15, 0.2) is 18.2 Å². The number of aromatic nitrogens is 1. The van der Waals surface area contributed by atoms with Crippen molar-refractivity contribution in [1.29, 1.82) is 0 Å². The van der Waals surface area contributed by atoms with Gasteiger partial charge in [0.25, 0.3) is 0 Å². The van der Waals surface area contributed by atoms with Crippen LogP contribution in [0.2, 0.25) is 0 Å². The number of rotatable bonds is 4. The summed E-state index contributed by atoms with van der Waals surface area (Å²) in [6, 6.07) is 6.88. The van der Waals surface area contributed by atoms with Gasteiger partial charge in [-0.2, -0.15) is 0 Å². The van der Waals surface area contributed by atoms with Crippen molar-refractivity contribution >= 4 is 0 Å². The molecule has 0 aromatic carbocycles. The van der Waals surface area contributed by atoms with Crippen molar-refractivity contribution in [2.24, 2.45) is 0 Å². The number of fused-ring (bicyclic) bond motifs is 2. The third-order valence-electron chi connectivity index (χ3n) is 7.34. The lowest BCUT2D eigenvalue weighted by molar-refractivity contribution is 0.0725. The van der Waals surface area contributed by atoms with Crippen LogP contribution >= 0.6 is 0 Å². The van der Waals surface area contributed by atoms with E-state index < -0.39 is 0 Å². The van der Waals surface area contributed by atoms with E-state index in [1.165, 1.54) is 11.4 Å². The van der Waals surface area contributed by atoms with Crippen LogP contribution < -0.4 is 21.3 Å². The van der Waals surface area contributed by atoms with E-state index in [-0.39, 0.29) is 11.6 Å². The standard InChI is InChI=1S/C28H53N7O/c1-24-21-28(2,3)32-12-6-18-34(17-5-11-31-24)22-27(36)23-35-19-15-29-13-9-25-7-4-8-26(33-25)10-14-30-16-20-35/h4,7-8,24,27,29-32,36H,5-6,9-23H2,1-3H3. The van der Waals surface area contributed by atoms with E-state index in [1.807, 2.05) is 0 Å². The van der Waals surface area contributed by atoms with Crippen molar-refractivity contribution in [3.63, 3.8) is 0 Å². The molecule has 2 atom stereocenters. The largest absolute Gasteiger partial charge is 0.390 e. The Morgan fingerprint density at radius 3 is 2.11 bits per heavy atom. The molecule has 0 saturated carbocycles. The highest BCUT2D eigenvalue weighted by Crippen LogP contribution is 2.12. The molecule has 1 aromatic heterocycles. The lowest BCUT2D eigenvalue weighted by atomic mass is 9.95. The first-order valence-corrected chi connectivity index (χ1v) is 14.4. The molecule has 2 aliphatic heterocycles. The van der Waals surface area contributed by atoms with Crippen LogP contribution in [0.25, 0.3) is 0 Å². The minimum atomic E-state index is -0.336. The molecule has 2 aliphatic rings. The summed E-state index contributed by atoms with van der Waals surface area (Å²) < 4.78 is 0. The average Bonchev–Trinajstić information content (AvgIpc) is 2.82. The number of hydrogen-bond acceptors (Lipinski definition) is 8. The van der Waals surface area contributed by atoms with Gasteiger partial charge in [0.1, 0.15) is 0 Å². The maximum atomic E-state index is 11.1. The molecule has 36 heavy (non-hydrogen) atoms. The van der Waals surface area contributed by atoms with Crippen molar-refractivity contribution in [1.82, 2.24) is 36.1 Å². The summed E-state index contributed by atoms with van der Waals surface area (Å²) in [6.07, 6.45) is 4.96. The molecule has 2 unspecified atom stereocenters. The number of aliphatic hydroxyl groups is 1. The Hall–Kier alpha value is -1.13. The van der Waals surface area contributed by atoms with E-state index in [1.54, 1.807) is 0 Å². The molecule has 0 amide bonds. The van der Waals surface area contributed by atoms with Crippen LogP contribution in [0.1, 0.15) is 51.4 Å². The fourth-order valence-electron chi connectivity index (χ4n) is 5.50. The van der Waals surface area contributed by atoms with Gasteiger partial charge in [-0.1, -0.05) is 6.07 Å². The van der Waals surface area contributed by atoms with Crippen LogP contribution in [-0.4, -0.2) is 116 Å². The zero-order valence-corrected chi connectivity index (χ0v) is 23.2. The number of nitrogens with one attached hydrogen (secondary N) is 4. The minimum absolute atomic E-state index is 0.150. The van der Waals surface area contributed by atoms with Gasteiger partial charge in [-0.3, -0.25) is 9.88 Å². The maximum Gasteiger partial charge on any atom is 0.0793 e. The number of β-amino-alcohol motifs (C(OH)–C–C–N with tert-alkyl or cyclic N) is 1. The summed E-state index contributed by atoms with van der Waals surface area (Å²) >= 11 is 0. The highest BCUT2D eigenvalue weighted by atomic mass is 16.3. The van der Waals surface area contributed by atoms with Crippen molar-refractivity contribution < 1.29 is 5.11 Å². The number of pyridine rings is 1. The average molecular weight is 504 g/mol. The summed E-state index contributed by atoms with van der Waals surface area (Å²) in [4.78, 5) is 9.66. The van der Waals surface area contributed by atoms with Gasteiger partial charge in [0.15, 0.2) is 0 Å². The topological polar surface area (TPSA) is 87.7 Å². The maximum absolute atomic E-state index is 11.1. The molecule has 8 nitrogen and oxygen atoms in total. The fraction of sp³-hybridized carbons (Fsp3) is 0.821. The molecule has 2 bridgehead atoms. The number of hydrogen-bond donors (Lipinski definition) is 5. The van der Waals surface area contributed by atoms with E-state index >= 15 is 0 Å². The molecule has 0 radical (unpaired) electrons. The van der Waals surface area contributed by atoms with Gasteiger partial charge in [0, 0.05) is 88.2 Å². The first kappa shape index (κ1) is 29.4. The quantitative estimate of drug-likeness (QED) is 0.414. The highest BCUT2D eigenvalue weighted by molar-refractivity contribution is 5.12. The molecule has 206 valence electrons. The normalized spacial score (nSPS) is 25.7. The highest BCUT2D eigenvalue weighted by Gasteiger charge is 2.21. The molecular formula is C28H53N7O. The second-order valence-corrected chi connectivity index (χ2v) is 11.5. The van der Waals surface area contributed by atoms with Gasteiger partial charge in [-0.25, -0.2) is 0 Å². The Kier molecular flexibility index (Phi) is 13.1. The van der Waals surface area contributed by atoms with Gasteiger partial charge in [-0.05, 0) is 78.3 Å². The zero-order chi connectivity index (χ0) is 25.6. The van der Waals surface area contributed by atoms with Crippen LogP contribution in [0.5, 0.6) is 0 Å². The second kappa shape index (κ2) is 16.0. The third kappa shape index (κ3) is 11.9. The smallest absolute Gasteiger partial charge is 0.0793 e. The van der Waals surface area contributed by atoms with Crippen LogP contribution in [0.4, 0.5) is 0 Å². The van der Waals surface area contributed by atoms with Crippen LogP contribution in [-0.2, 0) is 12.8 Å². The Balaban J connectivity index is 1.46. The van der Waals surface area contributed by atoms with E-state index in [4.69, 9.17) is 4.98 Å². The molecule has 0 spiro atoms.